The summed E-state index contributed by atoms with van der Waals surface area (Å²) in [6, 6.07) is 8.79. The van der Waals surface area contributed by atoms with Gasteiger partial charge in [-0.05, 0) is 29.8 Å². The minimum absolute atomic E-state index is 0.227. The molecule has 0 saturated heterocycles. The van der Waals surface area contributed by atoms with E-state index in [-0.39, 0.29) is 12.4 Å². The molecule has 2 rings (SSSR count). The van der Waals surface area contributed by atoms with Gasteiger partial charge in [-0.2, -0.15) is 4.39 Å². The van der Waals surface area contributed by atoms with Crippen LogP contribution in [-0.2, 0) is 6.61 Å². The predicted octanol–water partition coefficient (Wildman–Crippen LogP) is 2.94. The van der Waals surface area contributed by atoms with E-state index in [0.29, 0.717) is 11.3 Å². The molecule has 0 atom stereocenters. The Morgan fingerprint density at radius 2 is 2.00 bits per heavy atom. The number of benzene rings is 1. The lowest BCUT2D eigenvalue weighted by Crippen LogP contribution is -1.96. The van der Waals surface area contributed by atoms with Gasteiger partial charge in [0.25, 0.3) is 0 Å². The highest BCUT2D eigenvalue weighted by atomic mass is 19.1. The number of aromatic nitrogens is 1. The van der Waals surface area contributed by atoms with Crippen LogP contribution in [0.15, 0.2) is 42.6 Å². The van der Waals surface area contributed by atoms with E-state index in [1.165, 1.54) is 30.5 Å². The molecule has 0 fully saturated rings. The number of rotatable bonds is 3. The molecule has 0 amide bonds. The van der Waals surface area contributed by atoms with Crippen molar-refractivity contribution >= 4 is 0 Å². The topological polar surface area (TPSA) is 22.1 Å². The second-order valence-electron chi connectivity index (χ2n) is 3.24. The maximum atomic E-state index is 12.8. The normalized spacial score (nSPS) is 10.1. The van der Waals surface area contributed by atoms with Gasteiger partial charge in [0.2, 0.25) is 5.95 Å². The molecule has 0 saturated carbocycles. The summed E-state index contributed by atoms with van der Waals surface area (Å²) in [6.07, 6.45) is 1.29. The van der Waals surface area contributed by atoms with E-state index >= 15 is 0 Å². The van der Waals surface area contributed by atoms with Crippen LogP contribution in [-0.4, -0.2) is 4.98 Å². The molecule has 0 aliphatic rings. The van der Waals surface area contributed by atoms with Gasteiger partial charge in [0.05, 0.1) is 6.20 Å². The quantitative estimate of drug-likeness (QED) is 0.743. The van der Waals surface area contributed by atoms with Gasteiger partial charge in [0, 0.05) is 0 Å². The molecule has 0 aliphatic carbocycles. The highest BCUT2D eigenvalue weighted by molar-refractivity contribution is 5.19. The van der Waals surface area contributed by atoms with Gasteiger partial charge in [0.1, 0.15) is 18.2 Å². The van der Waals surface area contributed by atoms with Gasteiger partial charge in [-0.3, -0.25) is 0 Å². The Kier molecular flexibility index (Phi) is 3.10. The summed E-state index contributed by atoms with van der Waals surface area (Å²) in [5.41, 5.74) is 0.712. The molecule has 16 heavy (non-hydrogen) atoms. The zero-order valence-corrected chi connectivity index (χ0v) is 8.36. The fourth-order valence-electron chi connectivity index (χ4n) is 1.24. The average Bonchev–Trinajstić information content (AvgIpc) is 2.28. The summed E-state index contributed by atoms with van der Waals surface area (Å²) < 4.78 is 30.6. The third-order valence-electron chi connectivity index (χ3n) is 1.99. The summed E-state index contributed by atoms with van der Waals surface area (Å²) in [7, 11) is 0. The van der Waals surface area contributed by atoms with Crippen molar-refractivity contribution in [2.45, 2.75) is 6.61 Å². The SMILES string of the molecule is Fc1cccc(COc2ccc(F)nc2)c1. The summed E-state index contributed by atoms with van der Waals surface area (Å²) in [5.74, 6) is -0.415. The van der Waals surface area contributed by atoms with Gasteiger partial charge in [-0.25, -0.2) is 9.37 Å². The van der Waals surface area contributed by atoms with E-state index in [1.54, 1.807) is 12.1 Å². The van der Waals surface area contributed by atoms with Crippen LogP contribution in [0.1, 0.15) is 5.56 Å². The second kappa shape index (κ2) is 4.70. The second-order valence-corrected chi connectivity index (χ2v) is 3.24. The van der Waals surface area contributed by atoms with Gasteiger partial charge in [-0.1, -0.05) is 12.1 Å². The third kappa shape index (κ3) is 2.76. The number of hydrogen-bond acceptors (Lipinski definition) is 2. The Hall–Kier alpha value is -1.97. The molecule has 2 nitrogen and oxygen atoms in total. The van der Waals surface area contributed by atoms with E-state index in [4.69, 9.17) is 4.74 Å². The number of hydrogen-bond donors (Lipinski definition) is 0. The highest BCUT2D eigenvalue weighted by Gasteiger charge is 1.98. The molecular formula is C12H9F2NO. The summed E-state index contributed by atoms with van der Waals surface area (Å²) in [5, 5.41) is 0. The van der Waals surface area contributed by atoms with Crippen LogP contribution in [0.2, 0.25) is 0 Å². The predicted molar refractivity (Wildman–Crippen MR) is 54.9 cm³/mol. The summed E-state index contributed by atoms with van der Waals surface area (Å²) in [4.78, 5) is 3.44. The van der Waals surface area contributed by atoms with Crippen LogP contribution in [0, 0.1) is 11.8 Å². The fourth-order valence-corrected chi connectivity index (χ4v) is 1.24. The lowest BCUT2D eigenvalue weighted by Gasteiger charge is -2.05. The van der Waals surface area contributed by atoms with Crippen LogP contribution in [0.3, 0.4) is 0 Å². The van der Waals surface area contributed by atoms with E-state index in [9.17, 15) is 8.78 Å². The molecule has 1 heterocycles. The maximum absolute atomic E-state index is 12.8. The first-order valence-electron chi connectivity index (χ1n) is 4.73. The number of nitrogens with zero attached hydrogens (tertiary/aromatic N) is 1. The zero-order chi connectivity index (χ0) is 11.4. The first-order chi connectivity index (χ1) is 7.74. The van der Waals surface area contributed by atoms with Crippen molar-refractivity contribution in [3.05, 3.63) is 59.9 Å². The van der Waals surface area contributed by atoms with E-state index in [2.05, 4.69) is 4.98 Å². The molecule has 0 unspecified atom stereocenters. The maximum Gasteiger partial charge on any atom is 0.213 e. The van der Waals surface area contributed by atoms with Crippen molar-refractivity contribution < 1.29 is 13.5 Å². The Morgan fingerprint density at radius 3 is 2.69 bits per heavy atom. The minimum atomic E-state index is -0.557. The number of ether oxygens (including phenoxy) is 1. The smallest absolute Gasteiger partial charge is 0.213 e. The lowest BCUT2D eigenvalue weighted by atomic mass is 10.2. The van der Waals surface area contributed by atoms with E-state index in [1.807, 2.05) is 0 Å². The number of pyridine rings is 1. The molecule has 0 aliphatic heterocycles. The van der Waals surface area contributed by atoms with Crippen LogP contribution in [0.5, 0.6) is 5.75 Å². The zero-order valence-electron chi connectivity index (χ0n) is 8.36. The molecule has 0 bridgehead atoms. The molecule has 2 aromatic rings. The molecule has 4 heteroatoms. The number of halogens is 2. The third-order valence-corrected chi connectivity index (χ3v) is 1.99. The summed E-state index contributed by atoms with van der Waals surface area (Å²) >= 11 is 0. The highest BCUT2D eigenvalue weighted by Crippen LogP contribution is 2.12. The molecule has 1 aromatic carbocycles. The largest absolute Gasteiger partial charge is 0.487 e. The first-order valence-corrected chi connectivity index (χ1v) is 4.73. The molecule has 0 N–H and O–H groups in total. The Bertz CT molecular complexity index is 471. The molecular weight excluding hydrogens is 212 g/mol. The fraction of sp³-hybridized carbons (Fsp3) is 0.0833. The van der Waals surface area contributed by atoms with Crippen molar-refractivity contribution in [1.29, 1.82) is 0 Å². The Morgan fingerprint density at radius 1 is 1.12 bits per heavy atom. The Balaban J connectivity index is 1.99. The van der Waals surface area contributed by atoms with Crippen molar-refractivity contribution in [2.75, 3.05) is 0 Å². The van der Waals surface area contributed by atoms with Crippen LogP contribution < -0.4 is 4.74 Å². The van der Waals surface area contributed by atoms with Crippen molar-refractivity contribution in [2.24, 2.45) is 0 Å². The standard InChI is InChI=1S/C12H9F2NO/c13-10-3-1-2-9(6-10)8-16-11-4-5-12(14)15-7-11/h1-7H,8H2. The van der Waals surface area contributed by atoms with Crippen molar-refractivity contribution in [1.82, 2.24) is 4.98 Å². The first kappa shape index (κ1) is 10.5. The minimum Gasteiger partial charge on any atom is -0.487 e. The van der Waals surface area contributed by atoms with Gasteiger partial charge >= 0.3 is 0 Å². The average molecular weight is 221 g/mol. The Labute approximate surface area is 91.5 Å². The van der Waals surface area contributed by atoms with Gasteiger partial charge in [0.15, 0.2) is 0 Å². The monoisotopic (exact) mass is 221 g/mol. The van der Waals surface area contributed by atoms with Crippen LogP contribution >= 0.6 is 0 Å². The van der Waals surface area contributed by atoms with Gasteiger partial charge in [-0.15, -0.1) is 0 Å². The van der Waals surface area contributed by atoms with Crippen molar-refractivity contribution in [3.8, 4) is 5.75 Å². The molecule has 1 aromatic heterocycles. The van der Waals surface area contributed by atoms with Crippen LogP contribution in [0.25, 0.3) is 0 Å². The molecule has 0 spiro atoms. The van der Waals surface area contributed by atoms with Gasteiger partial charge < -0.3 is 4.74 Å². The van der Waals surface area contributed by atoms with E-state index < -0.39 is 5.95 Å². The van der Waals surface area contributed by atoms with Crippen LogP contribution in [0.4, 0.5) is 8.78 Å². The lowest BCUT2D eigenvalue weighted by molar-refractivity contribution is 0.303. The summed E-state index contributed by atoms with van der Waals surface area (Å²) in [6.45, 7) is 0.227. The van der Waals surface area contributed by atoms with Crippen molar-refractivity contribution in [3.63, 3.8) is 0 Å². The molecule has 0 radical (unpaired) electrons. The van der Waals surface area contributed by atoms with E-state index in [0.717, 1.165) is 0 Å². The molecule has 82 valence electrons.